The van der Waals surface area contributed by atoms with Crippen LogP contribution in [-0.4, -0.2) is 31.7 Å². The van der Waals surface area contributed by atoms with E-state index >= 15 is 0 Å². The second kappa shape index (κ2) is 9.26. The minimum atomic E-state index is 0.621. The third-order valence-electron chi connectivity index (χ3n) is 4.30. The van der Waals surface area contributed by atoms with Crippen LogP contribution in [0.4, 0.5) is 0 Å². The Bertz CT molecular complexity index is 1050. The van der Waals surface area contributed by atoms with Gasteiger partial charge in [-0.1, -0.05) is 29.4 Å². The van der Waals surface area contributed by atoms with Crippen LogP contribution in [0.2, 0.25) is 5.02 Å². The van der Waals surface area contributed by atoms with Gasteiger partial charge in [0.25, 0.3) is 0 Å². The maximum atomic E-state index is 6.25. The highest BCUT2D eigenvalue weighted by molar-refractivity contribution is 7.98. The van der Waals surface area contributed by atoms with Crippen molar-refractivity contribution in [3.05, 3.63) is 89.4 Å². The first-order chi connectivity index (χ1) is 14.2. The molecule has 0 atom stereocenters. The third-order valence-corrected chi connectivity index (χ3v) is 5.54. The van der Waals surface area contributed by atoms with E-state index in [9.17, 15) is 0 Å². The maximum absolute atomic E-state index is 6.25. The SMILES string of the molecule is CN(Cc1ccco1)Cc1nnc(SCc2ccncc2)n1-c1cccc(Cl)c1. The van der Waals surface area contributed by atoms with E-state index in [2.05, 4.69) is 24.6 Å². The molecule has 0 spiro atoms. The second-order valence-corrected chi connectivity index (χ2v) is 7.99. The predicted octanol–water partition coefficient (Wildman–Crippen LogP) is 4.83. The smallest absolute Gasteiger partial charge is 0.196 e. The van der Waals surface area contributed by atoms with E-state index in [4.69, 9.17) is 16.0 Å². The molecule has 4 aromatic rings. The molecule has 0 unspecified atom stereocenters. The Balaban J connectivity index is 1.59. The summed E-state index contributed by atoms with van der Waals surface area (Å²) in [7, 11) is 2.03. The Kier molecular flexibility index (Phi) is 6.29. The van der Waals surface area contributed by atoms with Crippen LogP contribution < -0.4 is 0 Å². The van der Waals surface area contributed by atoms with Gasteiger partial charge in [0.05, 0.1) is 25.0 Å². The number of thioether (sulfide) groups is 1. The number of furan rings is 1. The summed E-state index contributed by atoms with van der Waals surface area (Å²) in [5, 5.41) is 10.4. The monoisotopic (exact) mass is 425 g/mol. The second-order valence-electron chi connectivity index (χ2n) is 6.61. The number of rotatable bonds is 8. The Morgan fingerprint density at radius 1 is 1.07 bits per heavy atom. The predicted molar refractivity (Wildman–Crippen MR) is 114 cm³/mol. The molecule has 1 aromatic carbocycles. The average molecular weight is 426 g/mol. The Hall–Kier alpha value is -2.61. The molecule has 3 aromatic heterocycles. The molecular formula is C21H20ClN5OS. The van der Waals surface area contributed by atoms with Gasteiger partial charge in [0.2, 0.25) is 0 Å². The lowest BCUT2D eigenvalue weighted by atomic mass is 10.3. The molecule has 8 heteroatoms. The van der Waals surface area contributed by atoms with Crippen molar-refractivity contribution in [2.45, 2.75) is 24.0 Å². The van der Waals surface area contributed by atoms with Gasteiger partial charge in [-0.15, -0.1) is 10.2 Å². The summed E-state index contributed by atoms with van der Waals surface area (Å²) >= 11 is 7.88. The van der Waals surface area contributed by atoms with E-state index < -0.39 is 0 Å². The highest BCUT2D eigenvalue weighted by atomic mass is 35.5. The van der Waals surface area contributed by atoms with Gasteiger partial charge >= 0.3 is 0 Å². The van der Waals surface area contributed by atoms with Crippen LogP contribution in [0.25, 0.3) is 5.69 Å². The van der Waals surface area contributed by atoms with Crippen molar-refractivity contribution in [3.8, 4) is 5.69 Å². The van der Waals surface area contributed by atoms with Crippen LogP contribution >= 0.6 is 23.4 Å². The molecule has 0 aliphatic heterocycles. The van der Waals surface area contributed by atoms with Crippen molar-refractivity contribution < 1.29 is 4.42 Å². The van der Waals surface area contributed by atoms with Gasteiger partial charge < -0.3 is 4.42 Å². The molecule has 0 saturated heterocycles. The van der Waals surface area contributed by atoms with Gasteiger partial charge in [0, 0.05) is 23.2 Å². The fourth-order valence-electron chi connectivity index (χ4n) is 2.96. The number of hydrogen-bond donors (Lipinski definition) is 0. The van der Waals surface area contributed by atoms with Gasteiger partial charge in [-0.25, -0.2) is 0 Å². The van der Waals surface area contributed by atoms with Gasteiger partial charge in [-0.3, -0.25) is 14.5 Å². The highest BCUT2D eigenvalue weighted by Crippen LogP contribution is 2.27. The van der Waals surface area contributed by atoms with Crippen LogP contribution in [-0.2, 0) is 18.8 Å². The van der Waals surface area contributed by atoms with Crippen LogP contribution in [0.3, 0.4) is 0 Å². The van der Waals surface area contributed by atoms with E-state index in [1.165, 1.54) is 5.56 Å². The van der Waals surface area contributed by atoms with Crippen molar-refractivity contribution >= 4 is 23.4 Å². The van der Waals surface area contributed by atoms with E-state index in [-0.39, 0.29) is 0 Å². The average Bonchev–Trinajstić information content (AvgIpc) is 3.37. The van der Waals surface area contributed by atoms with Crippen molar-refractivity contribution in [3.63, 3.8) is 0 Å². The fourth-order valence-corrected chi connectivity index (χ4v) is 4.07. The van der Waals surface area contributed by atoms with Crippen molar-refractivity contribution in [2.75, 3.05) is 7.05 Å². The summed E-state index contributed by atoms with van der Waals surface area (Å²) in [6.45, 7) is 1.31. The molecule has 0 bridgehead atoms. The Morgan fingerprint density at radius 2 is 1.93 bits per heavy atom. The highest BCUT2D eigenvalue weighted by Gasteiger charge is 2.17. The van der Waals surface area contributed by atoms with Crippen LogP contribution in [0.15, 0.2) is 76.8 Å². The summed E-state index contributed by atoms with van der Waals surface area (Å²) in [5.74, 6) is 2.54. The standard InChI is InChI=1S/C21H20ClN5OS/c1-26(13-19-6-3-11-28-19)14-20-24-25-21(29-15-16-7-9-23-10-8-16)27(20)18-5-2-4-17(22)12-18/h2-12H,13-15H2,1H3. The van der Waals surface area contributed by atoms with Gasteiger partial charge in [-0.05, 0) is 55.1 Å². The van der Waals surface area contributed by atoms with E-state index in [1.807, 2.05) is 55.6 Å². The largest absolute Gasteiger partial charge is 0.468 e. The van der Waals surface area contributed by atoms with Crippen molar-refractivity contribution in [1.29, 1.82) is 0 Å². The molecule has 0 amide bonds. The summed E-state index contributed by atoms with van der Waals surface area (Å²) in [5.41, 5.74) is 2.13. The lowest BCUT2D eigenvalue weighted by molar-refractivity contribution is 0.279. The zero-order chi connectivity index (χ0) is 20.1. The fraction of sp³-hybridized carbons (Fsp3) is 0.190. The lowest BCUT2D eigenvalue weighted by Crippen LogP contribution is -2.19. The van der Waals surface area contributed by atoms with Gasteiger partial charge in [-0.2, -0.15) is 0 Å². The first kappa shape index (κ1) is 19.7. The zero-order valence-electron chi connectivity index (χ0n) is 15.9. The van der Waals surface area contributed by atoms with Crippen molar-refractivity contribution in [1.82, 2.24) is 24.6 Å². The van der Waals surface area contributed by atoms with Crippen LogP contribution in [0, 0.1) is 0 Å². The summed E-state index contributed by atoms with van der Waals surface area (Å²) in [6, 6.07) is 15.6. The lowest BCUT2D eigenvalue weighted by Gasteiger charge is -2.16. The van der Waals surface area contributed by atoms with E-state index in [1.54, 1.807) is 30.4 Å². The zero-order valence-corrected chi connectivity index (χ0v) is 17.5. The minimum absolute atomic E-state index is 0.621. The molecule has 6 nitrogen and oxygen atoms in total. The molecule has 4 rings (SSSR count). The number of nitrogens with zero attached hydrogens (tertiary/aromatic N) is 5. The number of pyridine rings is 1. The van der Waals surface area contributed by atoms with Gasteiger partial charge in [0.15, 0.2) is 11.0 Å². The first-order valence-electron chi connectivity index (χ1n) is 9.12. The molecule has 0 radical (unpaired) electrons. The van der Waals surface area contributed by atoms with Crippen LogP contribution in [0.1, 0.15) is 17.1 Å². The molecule has 148 valence electrons. The minimum Gasteiger partial charge on any atom is -0.468 e. The number of hydrogen-bond acceptors (Lipinski definition) is 6. The summed E-state index contributed by atoms with van der Waals surface area (Å²) in [4.78, 5) is 6.21. The molecule has 0 fully saturated rings. The molecule has 0 saturated carbocycles. The number of benzene rings is 1. The maximum Gasteiger partial charge on any atom is 0.196 e. The van der Waals surface area contributed by atoms with E-state index in [0.29, 0.717) is 18.1 Å². The first-order valence-corrected chi connectivity index (χ1v) is 10.5. The Labute approximate surface area is 178 Å². The summed E-state index contributed by atoms with van der Waals surface area (Å²) in [6.07, 6.45) is 5.28. The Morgan fingerprint density at radius 3 is 2.69 bits per heavy atom. The normalized spacial score (nSPS) is 11.3. The third kappa shape index (κ3) is 5.06. The molecule has 3 heterocycles. The number of halogens is 1. The topological polar surface area (TPSA) is 60.0 Å². The number of aromatic nitrogens is 4. The molecule has 0 N–H and O–H groups in total. The van der Waals surface area contributed by atoms with Crippen LogP contribution in [0.5, 0.6) is 0 Å². The quantitative estimate of drug-likeness (QED) is 0.377. The molecule has 0 aliphatic rings. The molecular weight excluding hydrogens is 406 g/mol. The van der Waals surface area contributed by atoms with Crippen molar-refractivity contribution in [2.24, 2.45) is 0 Å². The molecule has 0 aliphatic carbocycles. The van der Waals surface area contributed by atoms with Gasteiger partial charge in [0.1, 0.15) is 5.76 Å². The summed E-state index contributed by atoms with van der Waals surface area (Å²) < 4.78 is 7.52. The van der Waals surface area contributed by atoms with E-state index in [0.717, 1.165) is 28.2 Å². The molecule has 29 heavy (non-hydrogen) atoms.